The van der Waals surface area contributed by atoms with Crippen molar-refractivity contribution >= 4 is 0 Å². The molecule has 18 heavy (non-hydrogen) atoms. The molecule has 1 aliphatic heterocycles. The first-order valence-electron chi connectivity index (χ1n) is 6.81. The van der Waals surface area contributed by atoms with Gasteiger partial charge in [0.25, 0.3) is 0 Å². The number of nitrogens with one attached hydrogen (secondary N) is 1. The topological polar surface area (TPSA) is 30.5 Å². The number of piperidine rings is 1. The van der Waals surface area contributed by atoms with Crippen molar-refractivity contribution in [1.82, 2.24) is 5.32 Å². The van der Waals surface area contributed by atoms with E-state index in [0.717, 1.165) is 17.9 Å². The lowest BCUT2D eigenvalue weighted by atomic mass is 9.75. The van der Waals surface area contributed by atoms with Crippen molar-refractivity contribution in [3.05, 3.63) is 23.3 Å². The van der Waals surface area contributed by atoms with Crippen molar-refractivity contribution in [3.8, 4) is 11.5 Å². The predicted octanol–water partition coefficient (Wildman–Crippen LogP) is 2.49. The van der Waals surface area contributed by atoms with Gasteiger partial charge in [-0.3, -0.25) is 0 Å². The first kappa shape index (κ1) is 11.8. The Hall–Kier alpha value is -1.22. The summed E-state index contributed by atoms with van der Waals surface area (Å²) in [7, 11) is 3.42. The number of hydrogen-bond acceptors (Lipinski definition) is 3. The molecule has 1 fully saturated rings. The molecule has 2 aliphatic rings. The van der Waals surface area contributed by atoms with E-state index < -0.39 is 0 Å². The minimum Gasteiger partial charge on any atom is -0.493 e. The maximum atomic E-state index is 5.44. The predicted molar refractivity (Wildman–Crippen MR) is 71.6 cm³/mol. The molecule has 2 unspecified atom stereocenters. The lowest BCUT2D eigenvalue weighted by Crippen LogP contribution is -2.42. The van der Waals surface area contributed by atoms with Crippen LogP contribution in [0.5, 0.6) is 11.5 Å². The van der Waals surface area contributed by atoms with E-state index in [0.29, 0.717) is 12.0 Å². The fourth-order valence-corrected chi connectivity index (χ4v) is 3.44. The third-order valence-corrected chi connectivity index (χ3v) is 4.35. The molecule has 1 heterocycles. The van der Waals surface area contributed by atoms with Crippen molar-refractivity contribution in [3.63, 3.8) is 0 Å². The van der Waals surface area contributed by atoms with E-state index in [2.05, 4.69) is 17.4 Å². The average molecular weight is 247 g/mol. The van der Waals surface area contributed by atoms with Crippen molar-refractivity contribution in [2.45, 2.75) is 37.6 Å². The van der Waals surface area contributed by atoms with Crippen LogP contribution in [0.4, 0.5) is 0 Å². The average Bonchev–Trinajstić information content (AvgIpc) is 2.45. The normalized spacial score (nSPS) is 26.1. The number of benzene rings is 1. The summed E-state index contributed by atoms with van der Waals surface area (Å²) in [6.45, 7) is 1.17. The number of ether oxygens (including phenoxy) is 2. The zero-order valence-corrected chi connectivity index (χ0v) is 11.2. The Morgan fingerprint density at radius 1 is 1.11 bits per heavy atom. The van der Waals surface area contributed by atoms with Crippen molar-refractivity contribution < 1.29 is 9.47 Å². The highest BCUT2D eigenvalue weighted by molar-refractivity contribution is 5.50. The molecule has 3 nitrogen and oxygen atoms in total. The summed E-state index contributed by atoms with van der Waals surface area (Å²) in [4.78, 5) is 0. The summed E-state index contributed by atoms with van der Waals surface area (Å²) >= 11 is 0. The molecule has 0 bridgehead atoms. The van der Waals surface area contributed by atoms with Crippen LogP contribution in [-0.2, 0) is 6.42 Å². The summed E-state index contributed by atoms with van der Waals surface area (Å²) in [5, 5.41) is 3.66. The second-order valence-electron chi connectivity index (χ2n) is 5.25. The van der Waals surface area contributed by atoms with Crippen molar-refractivity contribution in [2.24, 2.45) is 0 Å². The highest BCUT2D eigenvalue weighted by atomic mass is 16.5. The SMILES string of the molecule is COc1cc2c(cc1OC)C1CCCNC1CC2. The third-order valence-electron chi connectivity index (χ3n) is 4.35. The molecular formula is C15H21NO2. The van der Waals surface area contributed by atoms with Crippen LogP contribution in [0.15, 0.2) is 12.1 Å². The summed E-state index contributed by atoms with van der Waals surface area (Å²) in [6, 6.07) is 5.01. The van der Waals surface area contributed by atoms with Gasteiger partial charge >= 0.3 is 0 Å². The molecule has 0 radical (unpaired) electrons. The van der Waals surface area contributed by atoms with Crippen LogP contribution in [0.2, 0.25) is 0 Å². The van der Waals surface area contributed by atoms with E-state index >= 15 is 0 Å². The van der Waals surface area contributed by atoms with Gasteiger partial charge < -0.3 is 14.8 Å². The number of methoxy groups -OCH3 is 2. The first-order chi connectivity index (χ1) is 8.83. The lowest BCUT2D eigenvalue weighted by molar-refractivity contribution is 0.314. The van der Waals surface area contributed by atoms with Crippen LogP contribution in [0.25, 0.3) is 0 Å². The van der Waals surface area contributed by atoms with Gasteiger partial charge in [0.1, 0.15) is 0 Å². The van der Waals surface area contributed by atoms with E-state index in [4.69, 9.17) is 9.47 Å². The van der Waals surface area contributed by atoms with Gasteiger partial charge in [-0.05, 0) is 61.4 Å². The van der Waals surface area contributed by atoms with Crippen molar-refractivity contribution in [1.29, 1.82) is 0 Å². The highest BCUT2D eigenvalue weighted by Gasteiger charge is 2.32. The standard InChI is InChI=1S/C15H21NO2/c1-17-14-8-10-5-6-13-11(4-3-7-16-13)12(10)9-15(14)18-2/h8-9,11,13,16H,3-7H2,1-2H3. The molecule has 2 atom stereocenters. The number of aryl methyl sites for hydroxylation is 1. The summed E-state index contributed by atoms with van der Waals surface area (Å²) < 4.78 is 10.8. The first-order valence-corrected chi connectivity index (χ1v) is 6.81. The van der Waals surface area contributed by atoms with Crippen molar-refractivity contribution in [2.75, 3.05) is 20.8 Å². The van der Waals surface area contributed by atoms with Gasteiger partial charge in [-0.25, -0.2) is 0 Å². The molecule has 1 aliphatic carbocycles. The molecule has 1 N–H and O–H groups in total. The van der Waals surface area contributed by atoms with E-state index in [9.17, 15) is 0 Å². The minimum absolute atomic E-state index is 0.655. The molecule has 3 heteroatoms. The molecule has 1 saturated heterocycles. The molecular weight excluding hydrogens is 226 g/mol. The van der Waals surface area contributed by atoms with Gasteiger partial charge in [0, 0.05) is 6.04 Å². The van der Waals surface area contributed by atoms with Crippen LogP contribution in [0.3, 0.4) is 0 Å². The largest absolute Gasteiger partial charge is 0.493 e. The Morgan fingerprint density at radius 3 is 2.67 bits per heavy atom. The molecule has 0 aromatic heterocycles. The Kier molecular flexibility index (Phi) is 3.16. The van der Waals surface area contributed by atoms with Crippen LogP contribution in [0, 0.1) is 0 Å². The zero-order chi connectivity index (χ0) is 12.5. The lowest BCUT2D eigenvalue weighted by Gasteiger charge is -2.38. The van der Waals surface area contributed by atoms with Crippen LogP contribution in [0.1, 0.15) is 36.3 Å². The monoisotopic (exact) mass is 247 g/mol. The fourth-order valence-electron chi connectivity index (χ4n) is 3.44. The van der Waals surface area contributed by atoms with Gasteiger partial charge in [-0.1, -0.05) is 0 Å². The molecule has 1 aromatic carbocycles. The molecule has 1 aromatic rings. The Bertz CT molecular complexity index is 444. The third kappa shape index (κ3) is 1.87. The maximum Gasteiger partial charge on any atom is 0.161 e. The van der Waals surface area contributed by atoms with Gasteiger partial charge in [0.05, 0.1) is 14.2 Å². The maximum absolute atomic E-state index is 5.44. The molecule has 3 rings (SSSR count). The smallest absolute Gasteiger partial charge is 0.161 e. The van der Waals surface area contributed by atoms with Gasteiger partial charge in [-0.2, -0.15) is 0 Å². The Morgan fingerprint density at radius 2 is 1.89 bits per heavy atom. The summed E-state index contributed by atoms with van der Waals surface area (Å²) in [5.41, 5.74) is 2.91. The quantitative estimate of drug-likeness (QED) is 0.871. The highest BCUT2D eigenvalue weighted by Crippen LogP contribution is 2.42. The Balaban J connectivity index is 2.02. The molecule has 0 saturated carbocycles. The van der Waals surface area contributed by atoms with E-state index in [-0.39, 0.29) is 0 Å². The minimum atomic E-state index is 0.655. The van der Waals surface area contributed by atoms with Crippen LogP contribution >= 0.6 is 0 Å². The van der Waals surface area contributed by atoms with Gasteiger partial charge in [-0.15, -0.1) is 0 Å². The fraction of sp³-hybridized carbons (Fsp3) is 0.600. The Labute approximate surface area is 108 Å². The number of fused-ring (bicyclic) bond motifs is 3. The van der Waals surface area contributed by atoms with E-state index in [1.807, 2.05) is 0 Å². The second kappa shape index (κ2) is 4.81. The summed E-state index contributed by atoms with van der Waals surface area (Å²) in [5.74, 6) is 2.38. The van der Waals surface area contributed by atoms with Crippen LogP contribution in [-0.4, -0.2) is 26.8 Å². The molecule has 98 valence electrons. The van der Waals surface area contributed by atoms with Crippen LogP contribution < -0.4 is 14.8 Å². The zero-order valence-electron chi connectivity index (χ0n) is 11.2. The molecule has 0 amide bonds. The summed E-state index contributed by atoms with van der Waals surface area (Å²) in [6.07, 6.45) is 4.95. The van der Waals surface area contributed by atoms with Gasteiger partial charge in [0.2, 0.25) is 0 Å². The molecule has 0 spiro atoms. The van der Waals surface area contributed by atoms with E-state index in [1.165, 1.54) is 36.9 Å². The van der Waals surface area contributed by atoms with Gasteiger partial charge in [0.15, 0.2) is 11.5 Å². The van der Waals surface area contributed by atoms with E-state index in [1.54, 1.807) is 14.2 Å². The number of rotatable bonds is 2. The second-order valence-corrected chi connectivity index (χ2v) is 5.25. The number of hydrogen-bond donors (Lipinski definition) is 1.